The highest BCUT2D eigenvalue weighted by Crippen LogP contribution is 2.31. The number of nitrogen functional groups attached to an aromatic ring is 1. The van der Waals surface area contributed by atoms with Gasteiger partial charge in [-0.2, -0.15) is 0 Å². The number of nitrogens with two attached hydrogens (primary N) is 1. The standard InChI is InChI=1S/C11H13N3O2S/c12-8-7-3-1-4-14-11(7)17-9(8)10(16)13-5-2-6-15/h1,3-4,15H,2,5-6,12H2,(H,13,16). The van der Waals surface area contributed by atoms with Crippen molar-refractivity contribution in [2.24, 2.45) is 0 Å². The van der Waals surface area contributed by atoms with Crippen LogP contribution in [0.2, 0.25) is 0 Å². The van der Waals surface area contributed by atoms with Gasteiger partial charge in [0, 0.05) is 24.7 Å². The number of nitrogens with zero attached hydrogens (tertiary/aromatic N) is 1. The largest absolute Gasteiger partial charge is 0.397 e. The van der Waals surface area contributed by atoms with Crippen LogP contribution in [0.15, 0.2) is 18.3 Å². The number of fused-ring (bicyclic) bond motifs is 1. The van der Waals surface area contributed by atoms with E-state index < -0.39 is 0 Å². The van der Waals surface area contributed by atoms with E-state index in [2.05, 4.69) is 10.3 Å². The number of carbonyl (C=O) groups excluding carboxylic acids is 1. The van der Waals surface area contributed by atoms with Gasteiger partial charge in [-0.3, -0.25) is 4.79 Å². The molecule has 2 heterocycles. The van der Waals surface area contributed by atoms with E-state index in [0.717, 1.165) is 10.2 Å². The molecule has 4 N–H and O–H groups in total. The van der Waals surface area contributed by atoms with Gasteiger partial charge in [0.25, 0.3) is 5.91 Å². The Balaban J connectivity index is 2.23. The lowest BCUT2D eigenvalue weighted by Gasteiger charge is -2.02. The van der Waals surface area contributed by atoms with Gasteiger partial charge in [0.15, 0.2) is 0 Å². The van der Waals surface area contributed by atoms with Gasteiger partial charge in [-0.05, 0) is 18.6 Å². The summed E-state index contributed by atoms with van der Waals surface area (Å²) in [6.45, 7) is 0.500. The minimum absolute atomic E-state index is 0.0593. The van der Waals surface area contributed by atoms with Crippen molar-refractivity contribution in [3.8, 4) is 0 Å². The average Bonchev–Trinajstić information content (AvgIpc) is 2.68. The first-order chi connectivity index (χ1) is 8.24. The third kappa shape index (κ3) is 2.37. The van der Waals surface area contributed by atoms with Crippen LogP contribution in [-0.2, 0) is 0 Å². The van der Waals surface area contributed by atoms with Gasteiger partial charge in [-0.15, -0.1) is 11.3 Å². The smallest absolute Gasteiger partial charge is 0.263 e. The molecule has 0 aromatic carbocycles. The third-order valence-electron chi connectivity index (χ3n) is 2.33. The Bertz CT molecular complexity index is 538. The number of aromatic nitrogens is 1. The van der Waals surface area contributed by atoms with Crippen LogP contribution in [0.5, 0.6) is 0 Å². The summed E-state index contributed by atoms with van der Waals surface area (Å²) < 4.78 is 0. The summed E-state index contributed by atoms with van der Waals surface area (Å²) in [5.41, 5.74) is 6.38. The molecule has 0 bridgehead atoms. The zero-order valence-corrected chi connectivity index (χ0v) is 9.96. The van der Waals surface area contributed by atoms with E-state index in [1.165, 1.54) is 11.3 Å². The van der Waals surface area contributed by atoms with Crippen LogP contribution in [0.25, 0.3) is 10.2 Å². The molecule has 2 rings (SSSR count). The zero-order chi connectivity index (χ0) is 12.3. The minimum Gasteiger partial charge on any atom is -0.397 e. The number of hydrogen-bond donors (Lipinski definition) is 3. The summed E-state index contributed by atoms with van der Waals surface area (Å²) >= 11 is 1.28. The molecule has 0 aliphatic carbocycles. The van der Waals surface area contributed by atoms with Crippen LogP contribution in [0, 0.1) is 0 Å². The maximum Gasteiger partial charge on any atom is 0.263 e. The highest BCUT2D eigenvalue weighted by Gasteiger charge is 2.15. The molecule has 90 valence electrons. The maximum atomic E-state index is 11.8. The zero-order valence-electron chi connectivity index (χ0n) is 9.14. The third-order valence-corrected chi connectivity index (χ3v) is 3.46. The van der Waals surface area contributed by atoms with Crippen LogP contribution in [0.4, 0.5) is 5.69 Å². The molecule has 0 spiro atoms. The molecule has 5 nitrogen and oxygen atoms in total. The molecule has 0 aliphatic heterocycles. The highest BCUT2D eigenvalue weighted by molar-refractivity contribution is 7.21. The van der Waals surface area contributed by atoms with Crippen molar-refractivity contribution in [1.82, 2.24) is 10.3 Å². The SMILES string of the molecule is Nc1c(C(=O)NCCCO)sc2ncccc12. The molecule has 1 amide bonds. The lowest BCUT2D eigenvalue weighted by atomic mass is 10.2. The molecule has 6 heteroatoms. The Morgan fingerprint density at radius 3 is 3.12 bits per heavy atom. The van der Waals surface area contributed by atoms with Gasteiger partial charge >= 0.3 is 0 Å². The fourth-order valence-corrected chi connectivity index (χ4v) is 2.46. The van der Waals surface area contributed by atoms with Crippen molar-refractivity contribution in [3.63, 3.8) is 0 Å². The molecule has 17 heavy (non-hydrogen) atoms. The van der Waals surface area contributed by atoms with Crippen LogP contribution >= 0.6 is 11.3 Å². The van der Waals surface area contributed by atoms with Gasteiger partial charge in [0.05, 0.1) is 5.69 Å². The molecule has 0 atom stereocenters. The number of amides is 1. The molecule has 0 saturated heterocycles. The van der Waals surface area contributed by atoms with E-state index in [4.69, 9.17) is 10.8 Å². The van der Waals surface area contributed by atoms with Gasteiger partial charge < -0.3 is 16.2 Å². The first-order valence-electron chi connectivity index (χ1n) is 5.26. The molecule has 0 aliphatic rings. The maximum absolute atomic E-state index is 11.8. The fourth-order valence-electron chi connectivity index (χ4n) is 1.48. The summed E-state index contributed by atoms with van der Waals surface area (Å²) in [6, 6.07) is 3.64. The van der Waals surface area contributed by atoms with Gasteiger partial charge in [0.1, 0.15) is 9.71 Å². The predicted molar refractivity (Wildman–Crippen MR) is 68.1 cm³/mol. The topological polar surface area (TPSA) is 88.2 Å². The van der Waals surface area contributed by atoms with Crippen molar-refractivity contribution >= 4 is 33.1 Å². The van der Waals surface area contributed by atoms with E-state index in [9.17, 15) is 4.79 Å². The normalized spacial score (nSPS) is 10.6. The number of aliphatic hydroxyl groups is 1. The Morgan fingerprint density at radius 2 is 2.41 bits per heavy atom. The van der Waals surface area contributed by atoms with Crippen LogP contribution in [0.3, 0.4) is 0 Å². The Kier molecular flexibility index (Phi) is 3.55. The first kappa shape index (κ1) is 11.8. The highest BCUT2D eigenvalue weighted by atomic mass is 32.1. The Morgan fingerprint density at radius 1 is 1.59 bits per heavy atom. The van der Waals surface area contributed by atoms with E-state index in [0.29, 0.717) is 23.5 Å². The van der Waals surface area contributed by atoms with Crippen molar-refractivity contribution in [3.05, 3.63) is 23.2 Å². The lowest BCUT2D eigenvalue weighted by molar-refractivity contribution is 0.0956. The molecule has 2 aromatic heterocycles. The van der Waals surface area contributed by atoms with Gasteiger partial charge in [-0.1, -0.05) is 0 Å². The van der Waals surface area contributed by atoms with Crippen molar-refractivity contribution in [1.29, 1.82) is 0 Å². The predicted octanol–water partition coefficient (Wildman–Crippen LogP) is 0.991. The quantitative estimate of drug-likeness (QED) is 0.707. The second-order valence-electron chi connectivity index (χ2n) is 3.53. The van der Waals surface area contributed by atoms with E-state index in [1.54, 1.807) is 12.3 Å². The molecular weight excluding hydrogens is 238 g/mol. The average molecular weight is 251 g/mol. The molecule has 2 aromatic rings. The summed E-state index contributed by atoms with van der Waals surface area (Å²) in [5, 5.41) is 12.2. The Hall–Kier alpha value is -1.66. The molecule has 0 fully saturated rings. The van der Waals surface area contributed by atoms with Crippen molar-refractivity contribution < 1.29 is 9.90 Å². The fraction of sp³-hybridized carbons (Fsp3) is 0.273. The minimum atomic E-state index is -0.209. The number of pyridine rings is 1. The second kappa shape index (κ2) is 5.11. The first-order valence-corrected chi connectivity index (χ1v) is 6.07. The number of carbonyl (C=O) groups is 1. The van der Waals surface area contributed by atoms with Crippen LogP contribution < -0.4 is 11.1 Å². The van der Waals surface area contributed by atoms with Crippen LogP contribution in [0.1, 0.15) is 16.1 Å². The summed E-state index contributed by atoms with van der Waals surface area (Å²) in [4.78, 5) is 17.2. The molecule has 0 unspecified atom stereocenters. The summed E-state index contributed by atoms with van der Waals surface area (Å²) in [6.07, 6.45) is 2.21. The Labute approximate surface area is 102 Å². The second-order valence-corrected chi connectivity index (χ2v) is 4.53. The number of hydrogen-bond acceptors (Lipinski definition) is 5. The number of aliphatic hydroxyl groups excluding tert-OH is 1. The lowest BCUT2D eigenvalue weighted by Crippen LogP contribution is -2.24. The number of nitrogens with one attached hydrogen (secondary N) is 1. The van der Waals surface area contributed by atoms with Gasteiger partial charge in [0.2, 0.25) is 0 Å². The van der Waals surface area contributed by atoms with E-state index in [-0.39, 0.29) is 12.5 Å². The van der Waals surface area contributed by atoms with E-state index >= 15 is 0 Å². The van der Waals surface area contributed by atoms with Crippen molar-refractivity contribution in [2.75, 3.05) is 18.9 Å². The summed E-state index contributed by atoms with van der Waals surface area (Å²) in [7, 11) is 0. The molecule has 0 radical (unpaired) electrons. The summed E-state index contributed by atoms with van der Waals surface area (Å²) in [5.74, 6) is -0.209. The number of anilines is 1. The molecule has 0 saturated carbocycles. The molecular formula is C11H13N3O2S. The monoisotopic (exact) mass is 251 g/mol. The van der Waals surface area contributed by atoms with E-state index in [1.807, 2.05) is 6.07 Å². The number of rotatable bonds is 4. The van der Waals surface area contributed by atoms with Crippen LogP contribution in [-0.4, -0.2) is 29.1 Å². The van der Waals surface area contributed by atoms with Crippen molar-refractivity contribution in [2.45, 2.75) is 6.42 Å². The van der Waals surface area contributed by atoms with Gasteiger partial charge in [-0.25, -0.2) is 4.98 Å². The number of thiophene rings is 1.